The van der Waals surface area contributed by atoms with Gasteiger partial charge < -0.3 is 25.2 Å². The smallest absolute Gasteiger partial charge is 0.410 e. The summed E-state index contributed by atoms with van der Waals surface area (Å²) in [5.74, 6) is 2.60. The van der Waals surface area contributed by atoms with Crippen LogP contribution < -0.4 is 15.5 Å². The highest BCUT2D eigenvalue weighted by atomic mass is 127. The molecule has 0 aromatic carbocycles. The zero-order valence-corrected chi connectivity index (χ0v) is 21.7. The van der Waals surface area contributed by atoms with E-state index >= 15 is 0 Å². The topological polar surface area (TPSA) is 82.1 Å². The molecule has 31 heavy (non-hydrogen) atoms. The van der Waals surface area contributed by atoms with Crippen molar-refractivity contribution in [3.8, 4) is 0 Å². The van der Waals surface area contributed by atoms with Crippen LogP contribution in [0.2, 0.25) is 0 Å². The molecule has 2 aliphatic rings. The second-order valence-corrected chi connectivity index (χ2v) is 9.35. The van der Waals surface area contributed by atoms with Crippen LogP contribution in [0, 0.1) is 5.92 Å². The highest BCUT2D eigenvalue weighted by Gasteiger charge is 2.34. The first kappa shape index (κ1) is 25.5. The van der Waals surface area contributed by atoms with Gasteiger partial charge >= 0.3 is 6.09 Å². The Labute approximate surface area is 203 Å². The number of hydrogen-bond acceptors (Lipinski definition) is 5. The quantitative estimate of drug-likeness (QED) is 0.344. The number of likely N-dealkylation sites (tertiary alicyclic amines) is 1. The lowest BCUT2D eigenvalue weighted by Gasteiger charge is -2.40. The minimum Gasteiger partial charge on any atom is -0.444 e. The summed E-state index contributed by atoms with van der Waals surface area (Å²) in [7, 11) is 1.75. The third kappa shape index (κ3) is 7.69. The molecule has 0 radical (unpaired) electrons. The van der Waals surface area contributed by atoms with Gasteiger partial charge in [0.1, 0.15) is 11.4 Å². The van der Waals surface area contributed by atoms with E-state index in [4.69, 9.17) is 4.74 Å². The number of hydrogen-bond donors (Lipinski definition) is 2. The second-order valence-electron chi connectivity index (χ2n) is 9.35. The van der Waals surface area contributed by atoms with Crippen molar-refractivity contribution >= 4 is 41.8 Å². The van der Waals surface area contributed by atoms with Crippen LogP contribution in [0.5, 0.6) is 0 Å². The van der Waals surface area contributed by atoms with Gasteiger partial charge in [0.2, 0.25) is 0 Å². The van der Waals surface area contributed by atoms with Gasteiger partial charge in [-0.3, -0.25) is 4.99 Å². The first-order valence-corrected chi connectivity index (χ1v) is 10.9. The van der Waals surface area contributed by atoms with Crippen LogP contribution in [0.3, 0.4) is 0 Å². The number of rotatable bonds is 4. The van der Waals surface area contributed by atoms with Crippen LogP contribution in [-0.2, 0) is 11.3 Å². The van der Waals surface area contributed by atoms with Crippen LogP contribution in [-0.4, -0.2) is 66.8 Å². The fraction of sp³-hybridized carbons (Fsp3) is 0.682. The minimum absolute atomic E-state index is 0. The zero-order valence-electron chi connectivity index (χ0n) is 19.4. The average molecular weight is 544 g/mol. The van der Waals surface area contributed by atoms with Crippen molar-refractivity contribution in [1.82, 2.24) is 20.5 Å². The van der Waals surface area contributed by atoms with Crippen LogP contribution in [0.4, 0.5) is 10.6 Å². The fourth-order valence-electron chi connectivity index (χ4n) is 3.57. The van der Waals surface area contributed by atoms with Crippen molar-refractivity contribution in [2.24, 2.45) is 10.9 Å². The number of halogens is 1. The molecular weight excluding hydrogens is 507 g/mol. The molecule has 0 atom stereocenters. The fourth-order valence-corrected chi connectivity index (χ4v) is 3.57. The van der Waals surface area contributed by atoms with Gasteiger partial charge in [0.15, 0.2) is 5.96 Å². The van der Waals surface area contributed by atoms with Gasteiger partial charge in [-0.2, -0.15) is 0 Å². The molecule has 3 rings (SSSR count). The molecular formula is C22H37IN6O2. The molecule has 0 unspecified atom stereocenters. The molecule has 0 bridgehead atoms. The second kappa shape index (κ2) is 11.2. The number of carbonyl (C=O) groups excluding carboxylic acids is 1. The largest absolute Gasteiger partial charge is 0.444 e. The Hall–Kier alpha value is -1.78. The Bertz CT molecular complexity index is 735. The summed E-state index contributed by atoms with van der Waals surface area (Å²) >= 11 is 0. The summed E-state index contributed by atoms with van der Waals surface area (Å²) in [6.07, 6.45) is 4.14. The average Bonchev–Trinajstić information content (AvgIpc) is 2.66. The third-order valence-corrected chi connectivity index (χ3v) is 5.47. The van der Waals surface area contributed by atoms with Gasteiger partial charge in [0, 0.05) is 46.0 Å². The molecule has 1 amide bonds. The van der Waals surface area contributed by atoms with Crippen molar-refractivity contribution in [3.63, 3.8) is 0 Å². The summed E-state index contributed by atoms with van der Waals surface area (Å²) in [4.78, 5) is 25.0. The summed E-state index contributed by atoms with van der Waals surface area (Å²) in [5.41, 5.74) is 0.638. The molecule has 1 aromatic rings. The number of aromatic nitrogens is 1. The maximum atomic E-state index is 12.0. The summed E-state index contributed by atoms with van der Waals surface area (Å²) < 4.78 is 5.39. The monoisotopic (exact) mass is 544 g/mol. The SMILES string of the molecule is CN=C(NCc1ccc(N2CCC(C)CC2)nc1)NC1CN(C(=O)OC(C)(C)C)C1.I. The highest BCUT2D eigenvalue weighted by molar-refractivity contribution is 14.0. The van der Waals surface area contributed by atoms with Gasteiger partial charge in [-0.15, -0.1) is 24.0 Å². The van der Waals surface area contributed by atoms with E-state index in [9.17, 15) is 4.79 Å². The minimum atomic E-state index is -0.469. The Morgan fingerprint density at radius 2 is 1.94 bits per heavy atom. The predicted molar refractivity (Wildman–Crippen MR) is 135 cm³/mol. The number of guanidine groups is 1. The predicted octanol–water partition coefficient (Wildman–Crippen LogP) is 3.22. The molecule has 0 aliphatic carbocycles. The number of nitrogens with zero attached hydrogens (tertiary/aromatic N) is 4. The van der Waals surface area contributed by atoms with Gasteiger partial charge in [-0.1, -0.05) is 13.0 Å². The van der Waals surface area contributed by atoms with Crippen molar-refractivity contribution in [3.05, 3.63) is 23.9 Å². The van der Waals surface area contributed by atoms with Crippen LogP contribution >= 0.6 is 24.0 Å². The molecule has 2 aliphatic heterocycles. The van der Waals surface area contributed by atoms with E-state index in [2.05, 4.69) is 44.6 Å². The van der Waals surface area contributed by atoms with E-state index < -0.39 is 5.60 Å². The zero-order chi connectivity index (χ0) is 21.7. The van der Waals surface area contributed by atoms with Crippen LogP contribution in [0.1, 0.15) is 46.1 Å². The van der Waals surface area contributed by atoms with Gasteiger partial charge in [-0.25, -0.2) is 9.78 Å². The molecule has 3 heterocycles. The molecule has 1 aromatic heterocycles. The van der Waals surface area contributed by atoms with Crippen LogP contribution in [0.15, 0.2) is 23.3 Å². The van der Waals surface area contributed by atoms with Gasteiger partial charge in [0.25, 0.3) is 0 Å². The highest BCUT2D eigenvalue weighted by Crippen LogP contribution is 2.21. The Morgan fingerprint density at radius 1 is 1.26 bits per heavy atom. The van der Waals surface area contributed by atoms with Gasteiger partial charge in [0.05, 0.1) is 6.04 Å². The van der Waals surface area contributed by atoms with E-state index in [1.165, 1.54) is 12.8 Å². The lowest BCUT2D eigenvalue weighted by Crippen LogP contribution is -2.63. The molecule has 2 saturated heterocycles. The normalized spacial score (nSPS) is 18.2. The van der Waals surface area contributed by atoms with Crippen molar-refractivity contribution in [1.29, 1.82) is 0 Å². The molecule has 2 fully saturated rings. The Balaban J connectivity index is 0.00000341. The van der Waals surface area contributed by atoms with Gasteiger partial charge in [-0.05, 0) is 51.2 Å². The third-order valence-electron chi connectivity index (χ3n) is 5.47. The number of amides is 1. The van der Waals surface area contributed by atoms with E-state index in [1.807, 2.05) is 27.0 Å². The molecule has 0 saturated carbocycles. The summed E-state index contributed by atoms with van der Waals surface area (Å²) in [6, 6.07) is 4.40. The maximum absolute atomic E-state index is 12.0. The molecule has 2 N–H and O–H groups in total. The van der Waals surface area contributed by atoms with Crippen LogP contribution in [0.25, 0.3) is 0 Å². The van der Waals surface area contributed by atoms with E-state index in [0.717, 1.165) is 36.3 Å². The molecule has 8 nitrogen and oxygen atoms in total. The number of aliphatic imine (C=N–C) groups is 1. The number of ether oxygens (including phenoxy) is 1. The molecule has 9 heteroatoms. The van der Waals surface area contributed by atoms with E-state index in [0.29, 0.717) is 19.6 Å². The summed E-state index contributed by atoms with van der Waals surface area (Å²) in [6.45, 7) is 12.0. The number of nitrogens with one attached hydrogen (secondary N) is 2. The number of pyridine rings is 1. The molecule has 0 spiro atoms. The molecule has 174 valence electrons. The number of anilines is 1. The van der Waals surface area contributed by atoms with Crippen molar-refractivity contribution in [2.45, 2.75) is 58.7 Å². The van der Waals surface area contributed by atoms with Crippen molar-refractivity contribution < 1.29 is 9.53 Å². The Kier molecular flexibility index (Phi) is 9.20. The van der Waals surface area contributed by atoms with E-state index in [-0.39, 0.29) is 36.1 Å². The Morgan fingerprint density at radius 3 is 2.48 bits per heavy atom. The number of piperidine rings is 1. The first-order chi connectivity index (χ1) is 14.2. The first-order valence-electron chi connectivity index (χ1n) is 10.9. The lowest BCUT2D eigenvalue weighted by atomic mass is 9.99. The maximum Gasteiger partial charge on any atom is 0.410 e. The standard InChI is InChI=1S/C22H36N6O2.HI/c1-16-8-10-27(11-9-16)19-7-6-17(12-24-19)13-25-20(23-5)26-18-14-28(15-18)21(29)30-22(2,3)4;/h6-7,12,16,18H,8-11,13-15H2,1-5H3,(H2,23,25,26);1H. The van der Waals surface area contributed by atoms with E-state index in [1.54, 1.807) is 11.9 Å². The number of carbonyl (C=O) groups is 1. The van der Waals surface area contributed by atoms with Crippen molar-refractivity contribution in [2.75, 3.05) is 38.1 Å². The summed E-state index contributed by atoms with van der Waals surface area (Å²) in [5, 5.41) is 6.67. The lowest BCUT2D eigenvalue weighted by molar-refractivity contribution is 0.00701.